The van der Waals surface area contributed by atoms with Crippen LogP contribution in [0.2, 0.25) is 0 Å². The lowest BCUT2D eigenvalue weighted by atomic mass is 9.90. The van der Waals surface area contributed by atoms with Crippen LogP contribution in [-0.4, -0.2) is 24.5 Å². The minimum absolute atomic E-state index is 0.0950. The first kappa shape index (κ1) is 12.8. The molecule has 1 N–H and O–H groups in total. The van der Waals surface area contributed by atoms with Gasteiger partial charge in [-0.05, 0) is 23.3 Å². The maximum atomic E-state index is 12.7. The average Bonchev–Trinajstić information content (AvgIpc) is 2.54. The third kappa shape index (κ3) is 2.30. The number of amides is 1. The van der Waals surface area contributed by atoms with E-state index in [4.69, 9.17) is 0 Å². The molecule has 1 aliphatic heterocycles. The summed E-state index contributed by atoms with van der Waals surface area (Å²) in [5.41, 5.74) is 3.16. The van der Waals surface area contributed by atoms with Crippen molar-refractivity contribution in [2.75, 3.05) is 18.5 Å². The lowest BCUT2D eigenvalue weighted by Crippen LogP contribution is -2.40. The van der Waals surface area contributed by atoms with Gasteiger partial charge in [0.05, 0.1) is 17.8 Å². The number of aromatic nitrogens is 1. The van der Waals surface area contributed by atoms with Crippen LogP contribution in [0.5, 0.6) is 0 Å². The van der Waals surface area contributed by atoms with Gasteiger partial charge in [-0.15, -0.1) is 0 Å². The zero-order valence-electron chi connectivity index (χ0n) is 11.4. The molecule has 1 aromatic carbocycles. The average molecular weight is 267 g/mol. The fourth-order valence-electron chi connectivity index (χ4n) is 2.63. The molecule has 2 aromatic rings. The predicted molar refractivity (Wildman–Crippen MR) is 78.5 cm³/mol. The molecule has 1 amide bonds. The molecule has 1 atom stereocenters. The Kier molecular flexibility index (Phi) is 3.48. The summed E-state index contributed by atoms with van der Waals surface area (Å²) in [6, 6.07) is 11.9. The molecular formula is C16H17N3O. The molecule has 1 aromatic heterocycles. The van der Waals surface area contributed by atoms with Crippen LogP contribution in [0.1, 0.15) is 17.0 Å². The quantitative estimate of drug-likeness (QED) is 0.904. The lowest BCUT2D eigenvalue weighted by molar-refractivity contribution is -0.119. The standard InChI is InChI=1S/C16H17N3O/c1-19(13-6-4-8-17-10-13)16(20)15-11-18-9-12-5-2-3-7-14(12)15/h2-8,10,15,18H,9,11H2,1H3. The Bertz CT molecular complexity index is 612. The van der Waals surface area contributed by atoms with E-state index in [2.05, 4.69) is 22.4 Å². The van der Waals surface area contributed by atoms with E-state index in [1.807, 2.05) is 24.3 Å². The number of hydrogen-bond donors (Lipinski definition) is 1. The van der Waals surface area contributed by atoms with Crippen molar-refractivity contribution in [1.29, 1.82) is 0 Å². The number of nitrogens with zero attached hydrogens (tertiary/aromatic N) is 2. The Balaban J connectivity index is 1.89. The first-order valence-corrected chi connectivity index (χ1v) is 6.73. The second kappa shape index (κ2) is 5.43. The van der Waals surface area contributed by atoms with Gasteiger partial charge in [-0.2, -0.15) is 0 Å². The van der Waals surface area contributed by atoms with Crippen LogP contribution in [0.25, 0.3) is 0 Å². The molecule has 0 bridgehead atoms. The van der Waals surface area contributed by atoms with Gasteiger partial charge in [0.2, 0.25) is 5.91 Å². The van der Waals surface area contributed by atoms with Crippen molar-refractivity contribution in [2.45, 2.75) is 12.5 Å². The Morgan fingerprint density at radius 2 is 2.15 bits per heavy atom. The maximum absolute atomic E-state index is 12.7. The van der Waals surface area contributed by atoms with Crippen molar-refractivity contribution in [3.8, 4) is 0 Å². The van der Waals surface area contributed by atoms with Crippen LogP contribution in [-0.2, 0) is 11.3 Å². The molecule has 0 spiro atoms. The molecule has 0 radical (unpaired) electrons. The van der Waals surface area contributed by atoms with E-state index < -0.39 is 0 Å². The van der Waals surface area contributed by atoms with Crippen LogP contribution >= 0.6 is 0 Å². The maximum Gasteiger partial charge on any atom is 0.235 e. The van der Waals surface area contributed by atoms with Gasteiger partial charge in [-0.1, -0.05) is 24.3 Å². The van der Waals surface area contributed by atoms with E-state index in [9.17, 15) is 4.79 Å². The number of anilines is 1. The Hall–Kier alpha value is -2.20. The molecule has 0 saturated carbocycles. The number of nitrogens with one attached hydrogen (secondary N) is 1. The molecule has 0 fully saturated rings. The Labute approximate surface area is 118 Å². The first-order chi connectivity index (χ1) is 9.77. The van der Waals surface area contributed by atoms with Gasteiger partial charge in [0.25, 0.3) is 0 Å². The highest BCUT2D eigenvalue weighted by Gasteiger charge is 2.28. The van der Waals surface area contributed by atoms with E-state index in [-0.39, 0.29) is 11.8 Å². The topological polar surface area (TPSA) is 45.2 Å². The molecule has 2 heterocycles. The van der Waals surface area contributed by atoms with Crippen molar-refractivity contribution in [3.63, 3.8) is 0 Å². The zero-order chi connectivity index (χ0) is 13.9. The van der Waals surface area contributed by atoms with E-state index in [0.717, 1.165) is 17.8 Å². The van der Waals surface area contributed by atoms with Crippen LogP contribution in [0.15, 0.2) is 48.8 Å². The number of fused-ring (bicyclic) bond motifs is 1. The monoisotopic (exact) mass is 267 g/mol. The summed E-state index contributed by atoms with van der Waals surface area (Å²) >= 11 is 0. The van der Waals surface area contributed by atoms with Crippen molar-refractivity contribution < 1.29 is 4.79 Å². The molecular weight excluding hydrogens is 250 g/mol. The molecule has 0 aliphatic carbocycles. The number of pyridine rings is 1. The van der Waals surface area contributed by atoms with Crippen molar-refractivity contribution >= 4 is 11.6 Å². The SMILES string of the molecule is CN(C(=O)C1CNCc2ccccc21)c1cccnc1. The summed E-state index contributed by atoms with van der Waals surface area (Å²) in [6.45, 7) is 1.51. The minimum atomic E-state index is -0.134. The third-order valence-electron chi connectivity index (χ3n) is 3.76. The second-order valence-corrected chi connectivity index (χ2v) is 4.99. The summed E-state index contributed by atoms with van der Waals surface area (Å²) in [5.74, 6) is -0.0391. The second-order valence-electron chi connectivity index (χ2n) is 4.99. The van der Waals surface area contributed by atoms with Crippen molar-refractivity contribution in [3.05, 3.63) is 59.9 Å². The van der Waals surface area contributed by atoms with Crippen LogP contribution < -0.4 is 10.2 Å². The highest BCUT2D eigenvalue weighted by Crippen LogP contribution is 2.26. The Morgan fingerprint density at radius 3 is 2.95 bits per heavy atom. The Morgan fingerprint density at radius 1 is 1.30 bits per heavy atom. The molecule has 102 valence electrons. The predicted octanol–water partition coefficient (Wildman–Crippen LogP) is 1.93. The van der Waals surface area contributed by atoms with Gasteiger partial charge >= 0.3 is 0 Å². The van der Waals surface area contributed by atoms with Crippen molar-refractivity contribution in [2.24, 2.45) is 0 Å². The third-order valence-corrected chi connectivity index (χ3v) is 3.76. The molecule has 4 nitrogen and oxygen atoms in total. The number of benzene rings is 1. The number of rotatable bonds is 2. The smallest absolute Gasteiger partial charge is 0.235 e. The van der Waals surface area contributed by atoms with Gasteiger partial charge in [0.15, 0.2) is 0 Å². The summed E-state index contributed by atoms with van der Waals surface area (Å²) in [7, 11) is 1.80. The summed E-state index contributed by atoms with van der Waals surface area (Å²) < 4.78 is 0. The van der Waals surface area contributed by atoms with Gasteiger partial charge in [0, 0.05) is 26.3 Å². The van der Waals surface area contributed by atoms with Crippen LogP contribution in [0.4, 0.5) is 5.69 Å². The highest BCUT2D eigenvalue weighted by atomic mass is 16.2. The molecule has 1 aliphatic rings. The number of hydrogen-bond acceptors (Lipinski definition) is 3. The number of carbonyl (C=O) groups excluding carboxylic acids is 1. The molecule has 1 unspecified atom stereocenters. The number of likely N-dealkylation sites (N-methyl/N-ethyl adjacent to an activating group) is 1. The fourth-order valence-corrected chi connectivity index (χ4v) is 2.63. The van der Waals surface area contributed by atoms with E-state index in [0.29, 0.717) is 6.54 Å². The highest BCUT2D eigenvalue weighted by molar-refractivity contribution is 5.98. The summed E-state index contributed by atoms with van der Waals surface area (Å²) in [6.07, 6.45) is 3.42. The van der Waals surface area contributed by atoms with E-state index in [1.54, 1.807) is 24.3 Å². The van der Waals surface area contributed by atoms with Crippen molar-refractivity contribution in [1.82, 2.24) is 10.3 Å². The van der Waals surface area contributed by atoms with Crippen LogP contribution in [0, 0.1) is 0 Å². The summed E-state index contributed by atoms with van der Waals surface area (Å²) in [5, 5.41) is 3.32. The molecule has 4 heteroatoms. The fraction of sp³-hybridized carbons (Fsp3) is 0.250. The van der Waals surface area contributed by atoms with Crippen LogP contribution in [0.3, 0.4) is 0 Å². The summed E-state index contributed by atoms with van der Waals surface area (Å²) in [4.78, 5) is 18.5. The van der Waals surface area contributed by atoms with E-state index >= 15 is 0 Å². The number of carbonyl (C=O) groups is 1. The van der Waals surface area contributed by atoms with Gasteiger partial charge in [-0.25, -0.2) is 0 Å². The lowest BCUT2D eigenvalue weighted by Gasteiger charge is -2.29. The molecule has 3 rings (SSSR count). The van der Waals surface area contributed by atoms with Gasteiger partial charge < -0.3 is 10.2 Å². The first-order valence-electron chi connectivity index (χ1n) is 6.73. The molecule has 20 heavy (non-hydrogen) atoms. The zero-order valence-corrected chi connectivity index (χ0v) is 11.4. The van der Waals surface area contributed by atoms with Gasteiger partial charge in [0.1, 0.15) is 0 Å². The van der Waals surface area contributed by atoms with E-state index in [1.165, 1.54) is 5.56 Å². The largest absolute Gasteiger partial charge is 0.313 e. The minimum Gasteiger partial charge on any atom is -0.313 e. The normalized spacial score (nSPS) is 17.4. The van der Waals surface area contributed by atoms with Gasteiger partial charge in [-0.3, -0.25) is 9.78 Å². The molecule has 0 saturated heterocycles.